The molecule has 104 valence electrons. The Morgan fingerprint density at radius 1 is 1.33 bits per heavy atom. The van der Waals surface area contributed by atoms with Crippen LogP contribution in [0.1, 0.15) is 40.5 Å². The molecule has 0 bridgehead atoms. The van der Waals surface area contributed by atoms with Gasteiger partial charge in [0.15, 0.2) is 0 Å². The summed E-state index contributed by atoms with van der Waals surface area (Å²) in [4.78, 5) is 25.2. The zero-order valence-corrected chi connectivity index (χ0v) is 11.9. The van der Waals surface area contributed by atoms with Crippen LogP contribution in [0.4, 0.5) is 0 Å². The van der Waals surface area contributed by atoms with E-state index in [-0.39, 0.29) is 23.8 Å². The quantitative estimate of drug-likeness (QED) is 0.759. The molecule has 1 atom stereocenters. The first kappa shape index (κ1) is 15.1. The van der Waals surface area contributed by atoms with E-state index in [2.05, 4.69) is 0 Å². The maximum Gasteiger partial charge on any atom is 0.229 e. The molecule has 1 rings (SSSR count). The molecule has 5 nitrogen and oxygen atoms in total. The highest BCUT2D eigenvalue weighted by Crippen LogP contribution is 2.31. The van der Waals surface area contributed by atoms with Crippen molar-refractivity contribution in [3.63, 3.8) is 0 Å². The van der Waals surface area contributed by atoms with Crippen molar-refractivity contribution in [1.82, 2.24) is 4.90 Å². The summed E-state index contributed by atoms with van der Waals surface area (Å²) in [5.74, 6) is -0.280. The predicted octanol–water partition coefficient (Wildman–Crippen LogP) is 0.914. The van der Waals surface area contributed by atoms with Crippen LogP contribution in [0.3, 0.4) is 0 Å². The Balaban J connectivity index is 2.74. The summed E-state index contributed by atoms with van der Waals surface area (Å²) < 4.78 is 5.28. The van der Waals surface area contributed by atoms with Gasteiger partial charge in [-0.25, -0.2) is 0 Å². The maximum atomic E-state index is 12.0. The van der Waals surface area contributed by atoms with E-state index in [0.717, 1.165) is 0 Å². The van der Waals surface area contributed by atoms with Gasteiger partial charge in [-0.05, 0) is 19.3 Å². The summed E-state index contributed by atoms with van der Waals surface area (Å²) in [6, 6.07) is -0.392. The van der Waals surface area contributed by atoms with Gasteiger partial charge in [0.2, 0.25) is 11.8 Å². The van der Waals surface area contributed by atoms with Gasteiger partial charge in [-0.1, -0.05) is 13.8 Å². The number of carbonyl (C=O) groups excluding carboxylic acids is 2. The van der Waals surface area contributed by atoms with Gasteiger partial charge in [-0.3, -0.25) is 14.5 Å². The zero-order valence-electron chi connectivity index (χ0n) is 11.9. The average Bonchev–Trinajstić information content (AvgIpc) is 2.21. The van der Waals surface area contributed by atoms with E-state index in [4.69, 9.17) is 10.5 Å². The summed E-state index contributed by atoms with van der Waals surface area (Å²) in [5.41, 5.74) is 5.21. The van der Waals surface area contributed by atoms with Crippen LogP contribution >= 0.6 is 0 Å². The number of nitrogens with two attached hydrogens (primary N) is 1. The molecule has 1 fully saturated rings. The molecule has 2 amide bonds. The van der Waals surface area contributed by atoms with E-state index in [1.165, 1.54) is 4.90 Å². The van der Waals surface area contributed by atoms with Crippen LogP contribution in [0.5, 0.6) is 0 Å². The van der Waals surface area contributed by atoms with Crippen molar-refractivity contribution in [3.8, 4) is 0 Å². The van der Waals surface area contributed by atoms with Gasteiger partial charge in [-0.2, -0.15) is 0 Å². The summed E-state index contributed by atoms with van der Waals surface area (Å²) in [5, 5.41) is 0. The number of hydrogen-bond acceptors (Lipinski definition) is 4. The Kier molecular flexibility index (Phi) is 4.18. The van der Waals surface area contributed by atoms with Crippen molar-refractivity contribution in [2.45, 2.75) is 52.2 Å². The topological polar surface area (TPSA) is 72.6 Å². The maximum absolute atomic E-state index is 12.0. The molecule has 1 unspecified atom stereocenters. The fourth-order valence-corrected chi connectivity index (χ4v) is 1.98. The van der Waals surface area contributed by atoms with E-state index in [0.29, 0.717) is 12.8 Å². The lowest BCUT2D eigenvalue weighted by molar-refractivity contribution is -0.153. The number of carbonyl (C=O) groups is 2. The summed E-state index contributed by atoms with van der Waals surface area (Å²) in [7, 11) is 1.57. The Bertz CT molecular complexity index is 330. The van der Waals surface area contributed by atoms with Crippen molar-refractivity contribution in [2.75, 3.05) is 13.7 Å². The number of nitrogens with zero attached hydrogens (tertiary/aromatic N) is 1. The van der Waals surface area contributed by atoms with Crippen LogP contribution < -0.4 is 5.73 Å². The molecule has 18 heavy (non-hydrogen) atoms. The summed E-state index contributed by atoms with van der Waals surface area (Å²) in [6.45, 7) is 7.77. The Morgan fingerprint density at radius 2 is 1.78 bits per heavy atom. The molecule has 0 saturated carbocycles. The lowest BCUT2D eigenvalue weighted by atomic mass is 9.81. The lowest BCUT2D eigenvalue weighted by Crippen LogP contribution is -2.56. The van der Waals surface area contributed by atoms with Gasteiger partial charge in [0.05, 0.1) is 11.6 Å². The molecule has 0 aliphatic carbocycles. The van der Waals surface area contributed by atoms with E-state index >= 15 is 0 Å². The van der Waals surface area contributed by atoms with Crippen molar-refractivity contribution in [3.05, 3.63) is 0 Å². The number of hydrogen-bond donors (Lipinski definition) is 1. The number of piperidine rings is 1. The SMILES string of the molecule is COC(C)(C)C(N)CN1C(=O)CC(C)(C)CC1=O. The molecule has 1 aliphatic heterocycles. The van der Waals surface area contributed by atoms with Gasteiger partial charge in [0.25, 0.3) is 0 Å². The molecule has 0 radical (unpaired) electrons. The van der Waals surface area contributed by atoms with Crippen LogP contribution in [0.25, 0.3) is 0 Å². The highest BCUT2D eigenvalue weighted by Gasteiger charge is 2.39. The minimum Gasteiger partial charge on any atom is -0.377 e. The van der Waals surface area contributed by atoms with Gasteiger partial charge in [0, 0.05) is 26.5 Å². The first-order valence-electron chi connectivity index (χ1n) is 6.23. The van der Waals surface area contributed by atoms with E-state index in [1.807, 2.05) is 27.7 Å². The van der Waals surface area contributed by atoms with Crippen LogP contribution in [0, 0.1) is 5.41 Å². The van der Waals surface area contributed by atoms with Gasteiger partial charge >= 0.3 is 0 Å². The molecular weight excluding hydrogens is 232 g/mol. The lowest BCUT2D eigenvalue weighted by Gasteiger charge is -2.38. The number of amides is 2. The van der Waals surface area contributed by atoms with Gasteiger partial charge in [0.1, 0.15) is 0 Å². The predicted molar refractivity (Wildman–Crippen MR) is 68.8 cm³/mol. The normalized spacial score (nSPS) is 22.2. The molecule has 2 N–H and O–H groups in total. The monoisotopic (exact) mass is 256 g/mol. The molecule has 0 spiro atoms. The smallest absolute Gasteiger partial charge is 0.229 e. The molecule has 0 aromatic heterocycles. The standard InChI is InChI=1S/C13H24N2O3/c1-12(2)6-10(16)15(11(17)7-12)8-9(14)13(3,4)18-5/h9H,6-8,14H2,1-5H3. The molecule has 0 aromatic rings. The molecular formula is C13H24N2O3. The second kappa shape index (κ2) is 4.97. The van der Waals surface area contributed by atoms with E-state index in [9.17, 15) is 9.59 Å². The Labute approximate surface area is 109 Å². The van der Waals surface area contributed by atoms with Crippen LogP contribution in [-0.2, 0) is 14.3 Å². The fraction of sp³-hybridized carbons (Fsp3) is 0.846. The first-order chi connectivity index (χ1) is 8.09. The number of rotatable bonds is 4. The Hall–Kier alpha value is -0.940. The second-order valence-electron chi connectivity index (χ2n) is 6.33. The number of imide groups is 1. The molecule has 5 heteroatoms. The minimum atomic E-state index is -0.562. The van der Waals surface area contributed by atoms with Gasteiger partial charge < -0.3 is 10.5 Å². The van der Waals surface area contributed by atoms with Gasteiger partial charge in [-0.15, -0.1) is 0 Å². The summed E-state index contributed by atoms with van der Waals surface area (Å²) >= 11 is 0. The van der Waals surface area contributed by atoms with Crippen molar-refractivity contribution in [1.29, 1.82) is 0 Å². The van der Waals surface area contributed by atoms with Crippen LogP contribution in [-0.4, -0.2) is 42.0 Å². The van der Waals surface area contributed by atoms with Crippen molar-refractivity contribution in [2.24, 2.45) is 11.1 Å². The van der Waals surface area contributed by atoms with E-state index in [1.54, 1.807) is 7.11 Å². The molecule has 0 aromatic carbocycles. The second-order valence-corrected chi connectivity index (χ2v) is 6.33. The van der Waals surface area contributed by atoms with E-state index < -0.39 is 11.6 Å². The third-order valence-electron chi connectivity index (χ3n) is 3.66. The highest BCUT2D eigenvalue weighted by molar-refractivity contribution is 5.98. The minimum absolute atomic E-state index is 0.140. The zero-order chi connectivity index (χ0) is 14.1. The molecule has 1 saturated heterocycles. The van der Waals surface area contributed by atoms with Crippen LogP contribution in [0.15, 0.2) is 0 Å². The number of methoxy groups -OCH3 is 1. The molecule has 1 heterocycles. The average molecular weight is 256 g/mol. The largest absolute Gasteiger partial charge is 0.377 e. The Morgan fingerprint density at radius 3 is 2.17 bits per heavy atom. The highest BCUT2D eigenvalue weighted by atomic mass is 16.5. The number of likely N-dealkylation sites (tertiary alicyclic amines) is 1. The van der Waals surface area contributed by atoms with Crippen molar-refractivity contribution >= 4 is 11.8 Å². The third-order valence-corrected chi connectivity index (χ3v) is 3.66. The summed E-state index contributed by atoms with van der Waals surface area (Å²) in [6.07, 6.45) is 0.776. The third kappa shape index (κ3) is 3.29. The fourth-order valence-electron chi connectivity index (χ4n) is 1.98. The number of ether oxygens (including phenoxy) is 1. The first-order valence-corrected chi connectivity index (χ1v) is 6.23. The van der Waals surface area contributed by atoms with Crippen LogP contribution in [0.2, 0.25) is 0 Å². The van der Waals surface area contributed by atoms with Crippen molar-refractivity contribution < 1.29 is 14.3 Å². The molecule has 1 aliphatic rings.